The summed E-state index contributed by atoms with van der Waals surface area (Å²) < 4.78 is 44.2. The summed E-state index contributed by atoms with van der Waals surface area (Å²) in [5.41, 5.74) is 8.50. The van der Waals surface area contributed by atoms with Gasteiger partial charge in [-0.1, -0.05) is 24.3 Å². The van der Waals surface area contributed by atoms with Crippen LogP contribution >= 0.6 is 0 Å². The van der Waals surface area contributed by atoms with E-state index < -0.39 is 18.6 Å². The third-order valence-corrected chi connectivity index (χ3v) is 10.4. The summed E-state index contributed by atoms with van der Waals surface area (Å²) in [6, 6.07) is 22.2. The minimum atomic E-state index is -3.08. The predicted octanol–water partition coefficient (Wildman–Crippen LogP) is 8.06. The first-order valence-corrected chi connectivity index (χ1v) is 17.6. The van der Waals surface area contributed by atoms with Gasteiger partial charge in [0, 0.05) is 48.9 Å². The Balaban J connectivity index is 1.12. The van der Waals surface area contributed by atoms with Crippen LogP contribution in [0, 0.1) is 42.4 Å². The number of aromatic nitrogens is 2. The number of carboxylic acids is 1. The Morgan fingerprint density at radius 2 is 1.61 bits per heavy atom. The van der Waals surface area contributed by atoms with Crippen LogP contribution in [0.5, 0.6) is 5.75 Å². The van der Waals surface area contributed by atoms with E-state index >= 15 is 0 Å². The number of carbonyl (C=O) groups is 1. The fraction of sp³-hybridized carbons (Fsp3) is 0.293. The number of aliphatic carboxylic acids is 1. The molecule has 54 heavy (non-hydrogen) atoms. The molecule has 2 aliphatic heterocycles. The molecule has 11 nitrogen and oxygen atoms in total. The Hall–Kier alpha value is -6.15. The molecule has 0 radical (unpaired) electrons. The molecule has 0 aliphatic carbocycles. The molecule has 1 atom stereocenters. The molecular formula is C41H34F2N6O5. The van der Waals surface area contributed by atoms with Gasteiger partial charge in [-0.3, -0.25) is 14.6 Å². The van der Waals surface area contributed by atoms with Crippen molar-refractivity contribution in [3.05, 3.63) is 88.5 Å². The van der Waals surface area contributed by atoms with Crippen molar-refractivity contribution in [2.45, 2.75) is 52.4 Å². The number of alkyl halides is 2. The summed E-state index contributed by atoms with van der Waals surface area (Å²) in [6.07, 6.45) is 1.18. The summed E-state index contributed by atoms with van der Waals surface area (Å²) in [5.74, 6) is -0.314. The van der Waals surface area contributed by atoms with Crippen LogP contribution in [0.25, 0.3) is 56.2 Å². The van der Waals surface area contributed by atoms with Crippen molar-refractivity contribution in [1.82, 2.24) is 19.8 Å². The quantitative estimate of drug-likeness (QED) is 0.146. The maximum Gasteiger partial charge on any atom is 0.387 e. The standard InChI is InChI=1S/C41H34F2N6O5/c1-22-28(29-7-4-9-31(23(29)2)39-47-33-13-24(12-26(17-45)37(33)54-39)18-48-19-25(16-44)20-48)6-3-8-30(22)38-46-32-14-27(21-49-11-5-10-34(49)40(50)51)35(53-41(42)43)15-36(32)52-38/h3-4,6-9,12-15,25,34,41H,5,10-11,18-21H2,1-2H3,(H,50,51)/t34-/m0/s1. The molecule has 13 heteroatoms. The van der Waals surface area contributed by atoms with Crippen molar-refractivity contribution in [3.8, 4) is 51.9 Å². The van der Waals surface area contributed by atoms with Gasteiger partial charge in [0.2, 0.25) is 11.8 Å². The minimum absolute atomic E-state index is 0.0373. The molecule has 2 saturated heterocycles. The van der Waals surface area contributed by atoms with Crippen LogP contribution in [-0.2, 0) is 17.9 Å². The minimum Gasteiger partial charge on any atom is -0.480 e. The van der Waals surface area contributed by atoms with Gasteiger partial charge in [0.1, 0.15) is 28.9 Å². The van der Waals surface area contributed by atoms with Crippen LogP contribution in [0.2, 0.25) is 0 Å². The molecule has 4 aromatic carbocycles. The smallest absolute Gasteiger partial charge is 0.387 e. The highest BCUT2D eigenvalue weighted by Crippen LogP contribution is 2.39. The molecular weight excluding hydrogens is 694 g/mol. The highest BCUT2D eigenvalue weighted by Gasteiger charge is 2.32. The van der Waals surface area contributed by atoms with E-state index in [1.165, 1.54) is 6.07 Å². The fourth-order valence-electron chi connectivity index (χ4n) is 7.69. The van der Waals surface area contributed by atoms with Gasteiger partial charge >= 0.3 is 12.6 Å². The lowest BCUT2D eigenvalue weighted by molar-refractivity contribution is -0.142. The van der Waals surface area contributed by atoms with Gasteiger partial charge in [-0.2, -0.15) is 19.3 Å². The molecule has 0 bridgehead atoms. The van der Waals surface area contributed by atoms with Gasteiger partial charge in [-0.25, -0.2) is 9.97 Å². The summed E-state index contributed by atoms with van der Waals surface area (Å²) in [4.78, 5) is 25.3. The first-order chi connectivity index (χ1) is 26.1. The maximum atomic E-state index is 13.5. The summed E-state index contributed by atoms with van der Waals surface area (Å²) in [6.45, 7) is 3.52. The number of carboxylic acid groups (broad SMARTS) is 1. The van der Waals surface area contributed by atoms with Gasteiger partial charge in [-0.05, 0) is 91.4 Å². The predicted molar refractivity (Wildman–Crippen MR) is 194 cm³/mol. The summed E-state index contributed by atoms with van der Waals surface area (Å²) in [5, 5.41) is 28.7. The second-order valence-corrected chi connectivity index (χ2v) is 13.9. The highest BCUT2D eigenvalue weighted by atomic mass is 19.3. The van der Waals surface area contributed by atoms with Gasteiger partial charge in [-0.15, -0.1) is 0 Å². The van der Waals surface area contributed by atoms with Crippen molar-refractivity contribution in [2.75, 3.05) is 19.6 Å². The van der Waals surface area contributed by atoms with E-state index in [4.69, 9.17) is 28.8 Å². The van der Waals surface area contributed by atoms with Crippen LogP contribution < -0.4 is 4.74 Å². The Kier molecular flexibility index (Phi) is 9.06. The van der Waals surface area contributed by atoms with Gasteiger partial charge in [0.25, 0.3) is 0 Å². The molecule has 2 aliphatic rings. The Bertz CT molecular complexity index is 2530. The number of nitrogens with zero attached hydrogens (tertiary/aromatic N) is 6. The third kappa shape index (κ3) is 6.42. The van der Waals surface area contributed by atoms with E-state index in [9.17, 15) is 23.9 Å². The zero-order valence-electron chi connectivity index (χ0n) is 29.5. The number of benzene rings is 4. The number of rotatable bonds is 10. The number of nitriles is 2. The molecule has 0 saturated carbocycles. The third-order valence-electron chi connectivity index (χ3n) is 10.4. The van der Waals surface area contributed by atoms with Crippen molar-refractivity contribution >= 4 is 28.2 Å². The average Bonchev–Trinajstić information content (AvgIpc) is 3.88. The van der Waals surface area contributed by atoms with E-state index in [1.54, 1.807) is 11.0 Å². The maximum absolute atomic E-state index is 13.5. The van der Waals surface area contributed by atoms with Gasteiger partial charge < -0.3 is 18.7 Å². The number of hydrogen-bond donors (Lipinski definition) is 1. The zero-order chi connectivity index (χ0) is 37.7. The summed E-state index contributed by atoms with van der Waals surface area (Å²) in [7, 11) is 0. The lowest BCUT2D eigenvalue weighted by Gasteiger charge is -2.35. The Morgan fingerprint density at radius 1 is 0.944 bits per heavy atom. The lowest BCUT2D eigenvalue weighted by atomic mass is 9.91. The van der Waals surface area contributed by atoms with Crippen molar-refractivity contribution in [2.24, 2.45) is 5.92 Å². The number of hydrogen-bond acceptors (Lipinski definition) is 10. The molecule has 8 rings (SSSR count). The second kappa shape index (κ2) is 14.0. The lowest BCUT2D eigenvalue weighted by Crippen LogP contribution is -2.45. The Morgan fingerprint density at radius 3 is 2.26 bits per heavy atom. The highest BCUT2D eigenvalue weighted by molar-refractivity contribution is 5.86. The number of fused-ring (bicyclic) bond motifs is 2. The normalized spacial score (nSPS) is 16.5. The molecule has 2 aromatic heterocycles. The average molecular weight is 729 g/mol. The van der Waals surface area contributed by atoms with Crippen molar-refractivity contribution in [1.29, 1.82) is 10.5 Å². The molecule has 2 fully saturated rings. The molecule has 0 amide bonds. The number of halogens is 2. The van der Waals surface area contributed by atoms with Crippen LogP contribution in [-0.4, -0.2) is 63.1 Å². The van der Waals surface area contributed by atoms with E-state index in [0.29, 0.717) is 84.1 Å². The fourth-order valence-corrected chi connectivity index (χ4v) is 7.69. The first kappa shape index (κ1) is 34.9. The zero-order valence-corrected chi connectivity index (χ0v) is 29.5. The van der Waals surface area contributed by atoms with Crippen LogP contribution in [0.1, 0.15) is 40.7 Å². The number of ether oxygens (including phenoxy) is 1. The first-order valence-electron chi connectivity index (χ1n) is 17.6. The molecule has 0 spiro atoms. The second-order valence-electron chi connectivity index (χ2n) is 13.9. The van der Waals surface area contributed by atoms with Crippen LogP contribution in [0.3, 0.4) is 0 Å². The number of likely N-dealkylation sites (tertiary alicyclic amines) is 2. The Labute approximate surface area is 308 Å². The molecule has 4 heterocycles. The van der Waals surface area contributed by atoms with E-state index in [-0.39, 0.29) is 23.8 Å². The molecule has 1 N–H and O–H groups in total. The topological polar surface area (TPSA) is 153 Å². The van der Waals surface area contributed by atoms with Gasteiger partial charge in [0.15, 0.2) is 11.2 Å². The van der Waals surface area contributed by atoms with E-state index in [1.807, 2.05) is 62.4 Å². The van der Waals surface area contributed by atoms with Crippen LogP contribution in [0.4, 0.5) is 8.78 Å². The van der Waals surface area contributed by atoms with Gasteiger partial charge in [0.05, 0.1) is 17.6 Å². The van der Waals surface area contributed by atoms with Crippen LogP contribution in [0.15, 0.2) is 69.5 Å². The SMILES string of the molecule is Cc1c(-c2nc3cc(CN4CCC[C@H]4C(=O)O)c(OC(F)F)cc3o2)cccc1-c1cccc(-c2nc3cc(CN4CC(C#N)C4)cc(C#N)c3o2)c1C. The molecule has 6 aromatic rings. The molecule has 272 valence electrons. The number of oxazole rings is 2. The monoisotopic (exact) mass is 728 g/mol. The van der Waals surface area contributed by atoms with Crippen molar-refractivity contribution < 1.29 is 32.3 Å². The van der Waals surface area contributed by atoms with Crippen molar-refractivity contribution in [3.63, 3.8) is 0 Å². The van der Waals surface area contributed by atoms with E-state index in [2.05, 4.69) is 17.0 Å². The molecule has 0 unspecified atom stereocenters. The largest absolute Gasteiger partial charge is 0.480 e. The van der Waals surface area contributed by atoms with E-state index in [0.717, 1.165) is 33.4 Å². The summed E-state index contributed by atoms with van der Waals surface area (Å²) >= 11 is 0.